The lowest BCUT2D eigenvalue weighted by Gasteiger charge is -2.13. The molecule has 142 valence electrons. The van der Waals surface area contributed by atoms with Crippen LogP contribution < -0.4 is 5.32 Å². The molecular formula is C20H15ClN2O4S. The Morgan fingerprint density at radius 1 is 1.07 bits per heavy atom. The fourth-order valence-electron chi connectivity index (χ4n) is 3.29. The van der Waals surface area contributed by atoms with Crippen LogP contribution in [0.25, 0.3) is 10.8 Å². The predicted molar refractivity (Wildman–Crippen MR) is 107 cm³/mol. The molecule has 1 N–H and O–H groups in total. The molecule has 6 nitrogen and oxygen atoms in total. The van der Waals surface area contributed by atoms with Gasteiger partial charge in [0.05, 0.1) is 11.3 Å². The molecule has 1 aliphatic heterocycles. The highest BCUT2D eigenvalue weighted by Crippen LogP contribution is 2.34. The van der Waals surface area contributed by atoms with Gasteiger partial charge in [-0.1, -0.05) is 35.9 Å². The third kappa shape index (κ3) is 2.66. The Hall–Kier alpha value is -2.90. The van der Waals surface area contributed by atoms with Gasteiger partial charge in [0.2, 0.25) is 0 Å². The van der Waals surface area contributed by atoms with Crippen molar-refractivity contribution in [1.29, 1.82) is 0 Å². The van der Waals surface area contributed by atoms with Gasteiger partial charge in [-0.3, -0.25) is 9.59 Å². The Morgan fingerprint density at radius 3 is 2.46 bits per heavy atom. The van der Waals surface area contributed by atoms with Crippen LogP contribution in [-0.4, -0.2) is 31.6 Å². The van der Waals surface area contributed by atoms with E-state index in [0.29, 0.717) is 15.0 Å². The maximum Gasteiger partial charge on any atom is 0.268 e. The molecule has 0 atom stereocenters. The first-order chi connectivity index (χ1) is 13.2. The summed E-state index contributed by atoms with van der Waals surface area (Å²) in [7, 11) is -2.73. The second kappa shape index (κ2) is 6.32. The van der Waals surface area contributed by atoms with Crippen LogP contribution in [0.3, 0.4) is 0 Å². The molecule has 0 bridgehead atoms. The molecule has 2 amide bonds. The van der Waals surface area contributed by atoms with Gasteiger partial charge < -0.3 is 5.32 Å². The molecule has 8 heteroatoms. The van der Waals surface area contributed by atoms with Gasteiger partial charge in [0.25, 0.3) is 21.8 Å². The van der Waals surface area contributed by atoms with Gasteiger partial charge in [0, 0.05) is 28.4 Å². The Balaban J connectivity index is 1.77. The van der Waals surface area contributed by atoms with Gasteiger partial charge in [-0.15, -0.1) is 0 Å². The average molecular weight is 415 g/mol. The smallest absolute Gasteiger partial charge is 0.268 e. The fourth-order valence-corrected chi connectivity index (χ4v) is 4.94. The summed E-state index contributed by atoms with van der Waals surface area (Å²) in [6.07, 6.45) is 0. The van der Waals surface area contributed by atoms with Crippen LogP contribution in [0.15, 0.2) is 53.4 Å². The molecule has 0 aromatic heterocycles. The van der Waals surface area contributed by atoms with E-state index in [0.717, 1.165) is 16.3 Å². The quantitative estimate of drug-likeness (QED) is 0.690. The minimum absolute atomic E-state index is 0.0622. The fraction of sp³-hybridized carbons (Fsp3) is 0.100. The number of rotatable bonds is 2. The Labute approximate surface area is 166 Å². The number of sulfonamides is 1. The zero-order valence-corrected chi connectivity index (χ0v) is 16.6. The van der Waals surface area contributed by atoms with Crippen molar-refractivity contribution in [2.75, 3.05) is 12.4 Å². The normalized spacial score (nSPS) is 15.0. The van der Waals surface area contributed by atoms with E-state index in [-0.39, 0.29) is 16.0 Å². The first-order valence-corrected chi connectivity index (χ1v) is 10.2. The topological polar surface area (TPSA) is 83.6 Å². The number of amides is 2. The third-order valence-corrected chi connectivity index (χ3v) is 6.92. The summed E-state index contributed by atoms with van der Waals surface area (Å²) in [5, 5.41) is 5.01. The lowest BCUT2D eigenvalue weighted by molar-refractivity contribution is 0.0890. The van der Waals surface area contributed by atoms with Crippen molar-refractivity contribution in [2.45, 2.75) is 11.8 Å². The number of anilines is 1. The van der Waals surface area contributed by atoms with Crippen molar-refractivity contribution in [3.63, 3.8) is 0 Å². The van der Waals surface area contributed by atoms with E-state index < -0.39 is 21.8 Å². The lowest BCUT2D eigenvalue weighted by Crippen LogP contribution is -2.24. The van der Waals surface area contributed by atoms with E-state index >= 15 is 0 Å². The van der Waals surface area contributed by atoms with Crippen LogP contribution in [0.4, 0.5) is 5.69 Å². The van der Waals surface area contributed by atoms with Crippen molar-refractivity contribution in [1.82, 2.24) is 4.31 Å². The number of hydrogen-bond donors (Lipinski definition) is 1. The second-order valence-electron chi connectivity index (χ2n) is 6.54. The number of carbonyl (C=O) groups is 2. The molecule has 3 aromatic rings. The first kappa shape index (κ1) is 18.5. The molecule has 0 fully saturated rings. The molecule has 0 radical (unpaired) electrons. The van der Waals surface area contributed by atoms with Crippen molar-refractivity contribution >= 4 is 49.9 Å². The largest absolute Gasteiger partial charge is 0.321 e. The van der Waals surface area contributed by atoms with E-state index in [1.165, 1.54) is 25.2 Å². The molecular weight excluding hydrogens is 400 g/mol. The highest BCUT2D eigenvalue weighted by atomic mass is 35.5. The molecule has 0 saturated heterocycles. The molecule has 0 unspecified atom stereocenters. The summed E-state index contributed by atoms with van der Waals surface area (Å²) >= 11 is 6.29. The van der Waals surface area contributed by atoms with Gasteiger partial charge in [-0.05, 0) is 36.8 Å². The Morgan fingerprint density at radius 2 is 1.75 bits per heavy atom. The van der Waals surface area contributed by atoms with Crippen LogP contribution in [0.2, 0.25) is 5.02 Å². The van der Waals surface area contributed by atoms with Gasteiger partial charge >= 0.3 is 0 Å². The molecule has 0 spiro atoms. The van der Waals surface area contributed by atoms with Gasteiger partial charge in [-0.25, -0.2) is 12.7 Å². The molecule has 1 heterocycles. The van der Waals surface area contributed by atoms with Gasteiger partial charge in [0.15, 0.2) is 0 Å². The highest BCUT2D eigenvalue weighted by Gasteiger charge is 2.39. The molecule has 1 aliphatic rings. The minimum Gasteiger partial charge on any atom is -0.321 e. The van der Waals surface area contributed by atoms with E-state index in [1.807, 2.05) is 31.2 Å². The Kier molecular flexibility index (Phi) is 4.17. The molecule has 4 rings (SSSR count). The van der Waals surface area contributed by atoms with Gasteiger partial charge in [0.1, 0.15) is 4.90 Å². The molecule has 0 aliphatic carbocycles. The van der Waals surface area contributed by atoms with Crippen molar-refractivity contribution in [3.8, 4) is 0 Å². The summed E-state index contributed by atoms with van der Waals surface area (Å²) in [6.45, 7) is 1.83. The number of hydrogen-bond acceptors (Lipinski definition) is 4. The summed E-state index contributed by atoms with van der Waals surface area (Å²) < 4.78 is 25.4. The predicted octanol–water partition coefficient (Wildman–Crippen LogP) is 3.83. The summed E-state index contributed by atoms with van der Waals surface area (Å²) in [6, 6.07) is 13.2. The third-order valence-electron chi connectivity index (χ3n) is 4.83. The number of aryl methyl sites for hydroxylation is 1. The monoisotopic (exact) mass is 414 g/mol. The van der Waals surface area contributed by atoms with Crippen LogP contribution >= 0.6 is 11.6 Å². The number of halogens is 1. The Bertz CT molecular complexity index is 1280. The molecule has 28 heavy (non-hydrogen) atoms. The van der Waals surface area contributed by atoms with E-state index in [9.17, 15) is 18.0 Å². The number of nitrogens with zero attached hydrogens (tertiary/aromatic N) is 1. The number of fused-ring (bicyclic) bond motifs is 2. The van der Waals surface area contributed by atoms with E-state index in [4.69, 9.17) is 11.6 Å². The number of benzene rings is 3. The lowest BCUT2D eigenvalue weighted by atomic mass is 10.0. The second-order valence-corrected chi connectivity index (χ2v) is 8.88. The maximum atomic E-state index is 12.8. The zero-order valence-electron chi connectivity index (χ0n) is 15.0. The van der Waals surface area contributed by atoms with E-state index in [1.54, 1.807) is 6.07 Å². The zero-order chi connectivity index (χ0) is 20.2. The number of carbonyl (C=O) groups excluding carboxylic acids is 2. The van der Waals surface area contributed by atoms with E-state index in [2.05, 4.69) is 5.32 Å². The minimum atomic E-state index is -3.92. The molecule has 0 saturated carbocycles. The van der Waals surface area contributed by atoms with Crippen LogP contribution in [-0.2, 0) is 10.0 Å². The summed E-state index contributed by atoms with van der Waals surface area (Å²) in [4.78, 5) is 24.7. The SMILES string of the molecule is Cc1cc(Cl)c2ccccc2c1NC(=O)c1ccc2c(c1)S(=O)(=O)N(C)C2=O. The number of nitrogens with one attached hydrogen (secondary N) is 1. The maximum absolute atomic E-state index is 12.8. The summed E-state index contributed by atoms with van der Waals surface area (Å²) in [5.41, 5.74) is 1.58. The summed E-state index contributed by atoms with van der Waals surface area (Å²) in [5.74, 6) is -1.09. The van der Waals surface area contributed by atoms with Crippen molar-refractivity contribution in [2.24, 2.45) is 0 Å². The van der Waals surface area contributed by atoms with Gasteiger partial charge in [-0.2, -0.15) is 0 Å². The average Bonchev–Trinajstić information content (AvgIpc) is 2.85. The van der Waals surface area contributed by atoms with Crippen molar-refractivity contribution in [3.05, 3.63) is 70.2 Å². The van der Waals surface area contributed by atoms with Crippen LogP contribution in [0, 0.1) is 6.92 Å². The standard InChI is InChI=1S/C20H15ClN2O4S/c1-11-9-16(21)13-5-3-4-6-14(13)18(11)22-19(24)12-7-8-15-17(10-12)28(26,27)23(2)20(15)25/h3-10H,1-2H3,(H,22,24). The molecule has 3 aromatic carbocycles. The first-order valence-electron chi connectivity index (χ1n) is 8.38. The van der Waals surface area contributed by atoms with Crippen molar-refractivity contribution < 1.29 is 18.0 Å². The highest BCUT2D eigenvalue weighted by molar-refractivity contribution is 7.90. The van der Waals surface area contributed by atoms with Crippen LogP contribution in [0.5, 0.6) is 0 Å². The van der Waals surface area contributed by atoms with Crippen LogP contribution in [0.1, 0.15) is 26.3 Å².